The van der Waals surface area contributed by atoms with Crippen LogP contribution in [0, 0.1) is 0 Å². The molecule has 2 aliphatic rings. The Hall–Kier alpha value is -2.77. The van der Waals surface area contributed by atoms with Gasteiger partial charge in [0.05, 0.1) is 29.2 Å². The molecule has 2 atom stereocenters. The van der Waals surface area contributed by atoms with E-state index < -0.39 is 17.1 Å². The van der Waals surface area contributed by atoms with Crippen molar-refractivity contribution in [2.75, 3.05) is 19.7 Å². The summed E-state index contributed by atoms with van der Waals surface area (Å²) < 4.78 is 11.6. The van der Waals surface area contributed by atoms with Gasteiger partial charge in [-0.05, 0) is 76.1 Å². The molecule has 2 fully saturated rings. The van der Waals surface area contributed by atoms with Crippen LogP contribution in [0.2, 0.25) is 5.02 Å². The van der Waals surface area contributed by atoms with Crippen molar-refractivity contribution in [1.82, 2.24) is 9.80 Å². The zero-order valence-electron chi connectivity index (χ0n) is 26.3. The Balaban J connectivity index is 1.57. The van der Waals surface area contributed by atoms with Crippen molar-refractivity contribution in [2.45, 2.75) is 115 Å². The highest BCUT2D eigenvalue weighted by Crippen LogP contribution is 2.43. The van der Waals surface area contributed by atoms with Crippen molar-refractivity contribution in [2.24, 2.45) is 0 Å². The number of piperidine rings is 1. The van der Waals surface area contributed by atoms with Gasteiger partial charge in [-0.3, -0.25) is 9.69 Å². The van der Waals surface area contributed by atoms with Crippen LogP contribution in [0.1, 0.15) is 103 Å². The number of benzene rings is 2. The molecule has 0 radical (unpaired) electrons. The number of likely N-dealkylation sites (tertiary alicyclic amines) is 1. The molecule has 1 N–H and O–H groups in total. The molecule has 4 rings (SSSR count). The van der Waals surface area contributed by atoms with E-state index in [0.717, 1.165) is 50.5 Å². The maximum atomic E-state index is 14.5. The molecule has 1 unspecified atom stereocenters. The van der Waals surface area contributed by atoms with E-state index in [1.165, 1.54) is 0 Å². The van der Waals surface area contributed by atoms with Gasteiger partial charge in [-0.1, -0.05) is 80.6 Å². The fourth-order valence-corrected chi connectivity index (χ4v) is 6.82. The van der Waals surface area contributed by atoms with Crippen LogP contribution in [0.25, 0.3) is 0 Å². The van der Waals surface area contributed by atoms with E-state index in [1.54, 1.807) is 12.1 Å². The molecule has 1 aliphatic carbocycles. The van der Waals surface area contributed by atoms with E-state index >= 15 is 0 Å². The second kappa shape index (κ2) is 14.8. The molecule has 0 spiro atoms. The molecule has 0 aromatic heterocycles. The summed E-state index contributed by atoms with van der Waals surface area (Å²) >= 11 is 6.73. The van der Waals surface area contributed by atoms with Crippen molar-refractivity contribution in [3.63, 3.8) is 0 Å². The number of unbranched alkanes of at least 4 members (excludes halogenated alkanes) is 1. The van der Waals surface area contributed by atoms with Crippen molar-refractivity contribution < 1.29 is 24.2 Å². The van der Waals surface area contributed by atoms with E-state index in [2.05, 4.69) is 6.92 Å². The van der Waals surface area contributed by atoms with Crippen LogP contribution in [0.4, 0.5) is 4.79 Å². The quantitative estimate of drug-likeness (QED) is 0.278. The lowest BCUT2D eigenvalue weighted by molar-refractivity contribution is -0.144. The van der Waals surface area contributed by atoms with E-state index in [9.17, 15) is 14.7 Å². The molecule has 0 bridgehead atoms. The largest absolute Gasteiger partial charge is 0.487 e. The normalized spacial score (nSPS) is 19.4. The first kappa shape index (κ1) is 33.1. The van der Waals surface area contributed by atoms with Crippen LogP contribution in [-0.2, 0) is 16.1 Å². The van der Waals surface area contributed by atoms with Gasteiger partial charge in [-0.25, -0.2) is 4.79 Å². The first-order valence-electron chi connectivity index (χ1n) is 16.0. The zero-order chi connectivity index (χ0) is 31.0. The lowest BCUT2D eigenvalue weighted by atomic mass is 9.72. The van der Waals surface area contributed by atoms with Gasteiger partial charge in [-0.15, -0.1) is 0 Å². The van der Waals surface area contributed by atoms with Crippen molar-refractivity contribution in [1.29, 1.82) is 0 Å². The van der Waals surface area contributed by atoms with Gasteiger partial charge in [0, 0.05) is 18.6 Å². The highest BCUT2D eigenvalue weighted by atomic mass is 35.5. The van der Waals surface area contributed by atoms with Crippen LogP contribution < -0.4 is 4.74 Å². The van der Waals surface area contributed by atoms with E-state index in [4.69, 9.17) is 21.1 Å². The van der Waals surface area contributed by atoms with Gasteiger partial charge < -0.3 is 19.5 Å². The summed E-state index contributed by atoms with van der Waals surface area (Å²) in [7, 11) is 0. The zero-order valence-corrected chi connectivity index (χ0v) is 27.1. The van der Waals surface area contributed by atoms with Crippen LogP contribution in [0.3, 0.4) is 0 Å². The molecule has 2 aromatic carbocycles. The Morgan fingerprint density at radius 3 is 2.47 bits per heavy atom. The number of hydrogen-bond acceptors (Lipinski definition) is 5. The van der Waals surface area contributed by atoms with Gasteiger partial charge in [0.1, 0.15) is 12.4 Å². The number of carbonyl (C=O) groups excluding carboxylic acids is 2. The molecular formula is C35H49ClN2O5. The predicted octanol–water partition coefficient (Wildman–Crippen LogP) is 7.73. The summed E-state index contributed by atoms with van der Waals surface area (Å²) in [5, 5.41) is 12.4. The maximum absolute atomic E-state index is 14.5. The lowest BCUT2D eigenvalue weighted by Gasteiger charge is -2.47. The van der Waals surface area contributed by atoms with E-state index in [1.807, 2.05) is 67.0 Å². The smallest absolute Gasteiger partial charge is 0.410 e. The van der Waals surface area contributed by atoms with Gasteiger partial charge in [0.15, 0.2) is 0 Å². The van der Waals surface area contributed by atoms with Crippen LogP contribution in [0.5, 0.6) is 5.75 Å². The lowest BCUT2D eigenvalue weighted by Crippen LogP contribution is -2.59. The summed E-state index contributed by atoms with van der Waals surface area (Å²) in [6, 6.07) is 15.2. The summed E-state index contributed by atoms with van der Waals surface area (Å²) in [6.07, 6.45) is 6.89. The average Bonchev–Trinajstić information content (AvgIpc) is 2.97. The molecule has 236 valence electrons. The number of carbonyl (C=O) groups is 2. The first-order chi connectivity index (χ1) is 20.5. The number of nitrogens with zero attached hydrogens (tertiary/aromatic N) is 2. The van der Waals surface area contributed by atoms with E-state index in [-0.39, 0.29) is 18.0 Å². The summed E-state index contributed by atoms with van der Waals surface area (Å²) in [4.78, 5) is 31.4. The van der Waals surface area contributed by atoms with Crippen molar-refractivity contribution >= 4 is 23.6 Å². The Labute approximate surface area is 262 Å². The molecule has 2 amide bonds. The minimum atomic E-state index is -1.17. The highest BCUT2D eigenvalue weighted by Gasteiger charge is 2.46. The van der Waals surface area contributed by atoms with Crippen LogP contribution in [0.15, 0.2) is 48.5 Å². The number of rotatable bonds is 10. The topological polar surface area (TPSA) is 79.3 Å². The molecule has 1 aliphatic heterocycles. The second-order valence-corrected chi connectivity index (χ2v) is 13.6. The van der Waals surface area contributed by atoms with Gasteiger partial charge in [-0.2, -0.15) is 0 Å². The van der Waals surface area contributed by atoms with Crippen LogP contribution in [-0.4, -0.2) is 63.8 Å². The van der Waals surface area contributed by atoms with Crippen molar-refractivity contribution in [3.05, 3.63) is 64.7 Å². The number of hydrogen-bond donors (Lipinski definition) is 1. The fraction of sp³-hybridized carbons (Fsp3) is 0.600. The van der Waals surface area contributed by atoms with Gasteiger partial charge >= 0.3 is 6.09 Å². The molecule has 1 saturated heterocycles. The first-order valence-corrected chi connectivity index (χ1v) is 16.3. The summed E-state index contributed by atoms with van der Waals surface area (Å²) in [6.45, 7) is 9.83. The molecule has 1 saturated carbocycles. The van der Waals surface area contributed by atoms with E-state index in [0.29, 0.717) is 55.5 Å². The molecule has 7 nitrogen and oxygen atoms in total. The Bertz CT molecular complexity index is 1210. The summed E-state index contributed by atoms with van der Waals surface area (Å²) in [5.74, 6) is -0.334. The number of amides is 2. The highest BCUT2D eigenvalue weighted by molar-refractivity contribution is 6.32. The standard InChI is InChI=1S/C35H49ClN2O5/c1-5-6-22-42-33(40)38(34(2,3)4)28-16-13-21-37(24-28)32(39)31(35(41)19-11-8-12-20-35)27-17-18-30(29(36)23-27)43-25-26-14-9-7-10-15-26/h7,9-10,14-15,17-18,23,28,31,41H,5-6,8,11-13,16,19-22,24-25H2,1-4H3/t28-,31?/m1/s1. The van der Waals surface area contributed by atoms with Gasteiger partial charge in [0.2, 0.25) is 5.91 Å². The third-order valence-corrected chi connectivity index (χ3v) is 9.04. The monoisotopic (exact) mass is 612 g/mol. The average molecular weight is 613 g/mol. The Morgan fingerprint density at radius 1 is 1.09 bits per heavy atom. The predicted molar refractivity (Wildman–Crippen MR) is 170 cm³/mol. The van der Waals surface area contributed by atoms with Crippen molar-refractivity contribution in [3.8, 4) is 5.75 Å². The Kier molecular flexibility index (Phi) is 11.4. The third kappa shape index (κ3) is 8.45. The molecule has 43 heavy (non-hydrogen) atoms. The van der Waals surface area contributed by atoms with Gasteiger partial charge in [0.25, 0.3) is 0 Å². The second-order valence-electron chi connectivity index (χ2n) is 13.2. The minimum Gasteiger partial charge on any atom is -0.487 e. The third-order valence-electron chi connectivity index (χ3n) is 8.75. The fourth-order valence-electron chi connectivity index (χ4n) is 6.58. The number of halogens is 1. The number of aliphatic hydroxyl groups is 1. The minimum absolute atomic E-state index is 0.115. The molecular weight excluding hydrogens is 564 g/mol. The Morgan fingerprint density at radius 2 is 1.81 bits per heavy atom. The maximum Gasteiger partial charge on any atom is 0.410 e. The molecule has 2 aromatic rings. The molecule has 1 heterocycles. The summed E-state index contributed by atoms with van der Waals surface area (Å²) in [5.41, 5.74) is 0.0934. The molecule has 8 heteroatoms. The van der Waals surface area contributed by atoms with Crippen LogP contribution >= 0.6 is 11.6 Å². The SMILES string of the molecule is CCCCOC(=O)N([C@@H]1CCCN(C(=O)C(c2ccc(OCc3ccccc3)c(Cl)c2)C2(O)CCCCC2)C1)C(C)(C)C. The number of ether oxygens (including phenoxy) is 2.